The largest absolute Gasteiger partial charge is 0.0847 e. The topological polar surface area (TPSA) is 0 Å². The van der Waals surface area contributed by atoms with Crippen LogP contribution in [-0.4, -0.2) is 0 Å². The van der Waals surface area contributed by atoms with Gasteiger partial charge in [0.2, 0.25) is 0 Å². The molecule has 0 radical (unpaired) electrons. The molecular weight excluding hydrogens is 132 g/mol. The van der Waals surface area contributed by atoms with E-state index in [1.54, 1.807) is 0 Å². The van der Waals surface area contributed by atoms with E-state index in [1.165, 1.54) is 0 Å². The van der Waals surface area contributed by atoms with E-state index in [4.69, 9.17) is 11.6 Å². The van der Waals surface area contributed by atoms with Crippen molar-refractivity contribution >= 4 is 11.6 Å². The van der Waals surface area contributed by atoms with E-state index in [1.807, 2.05) is 12.2 Å². The smallest absolute Gasteiger partial charge is 0.0362 e. The number of halogens is 1. The van der Waals surface area contributed by atoms with Crippen LogP contribution in [0.4, 0.5) is 0 Å². The quantitative estimate of drug-likeness (QED) is 0.532. The summed E-state index contributed by atoms with van der Waals surface area (Å²) >= 11 is 5.73. The van der Waals surface area contributed by atoms with Gasteiger partial charge in [-0.15, -0.1) is 0 Å². The summed E-state index contributed by atoms with van der Waals surface area (Å²) in [6, 6.07) is 0. The van der Waals surface area contributed by atoms with E-state index in [9.17, 15) is 0 Å². The Kier molecular flexibility index (Phi) is 5.75. The Balaban J connectivity index is 3.60. The second-order valence-electron chi connectivity index (χ2n) is 1.81. The zero-order chi connectivity index (χ0) is 7.11. The van der Waals surface area contributed by atoms with Crippen molar-refractivity contribution < 1.29 is 0 Å². The van der Waals surface area contributed by atoms with Crippen molar-refractivity contribution in [3.05, 3.63) is 23.3 Å². The van der Waals surface area contributed by atoms with Gasteiger partial charge in [0.1, 0.15) is 0 Å². The summed E-state index contributed by atoms with van der Waals surface area (Å²) in [4.78, 5) is 0. The van der Waals surface area contributed by atoms with E-state index in [2.05, 4.69) is 19.9 Å². The third-order valence-corrected chi connectivity index (χ3v) is 1.19. The Bertz CT molecular complexity index is 112. The standard InChI is InChI=1S/C8H13Cl/c1-3-5-7-8(9)6-4-2/h5-7H,3-4H2,1-2H3/b7-5-,8-6+. The predicted molar refractivity (Wildman–Crippen MR) is 43.7 cm³/mol. The van der Waals surface area contributed by atoms with Gasteiger partial charge in [-0.2, -0.15) is 0 Å². The van der Waals surface area contributed by atoms with Crippen molar-refractivity contribution in [2.45, 2.75) is 26.7 Å². The van der Waals surface area contributed by atoms with Crippen LogP contribution in [0.2, 0.25) is 0 Å². The fourth-order valence-electron chi connectivity index (χ4n) is 0.493. The van der Waals surface area contributed by atoms with E-state index in [0.717, 1.165) is 17.9 Å². The first-order chi connectivity index (χ1) is 4.31. The maximum absolute atomic E-state index is 5.73. The van der Waals surface area contributed by atoms with Crippen LogP contribution in [0.1, 0.15) is 26.7 Å². The molecule has 0 amide bonds. The monoisotopic (exact) mass is 144 g/mol. The highest BCUT2D eigenvalue weighted by Gasteiger charge is 1.78. The van der Waals surface area contributed by atoms with Crippen molar-refractivity contribution in [3.8, 4) is 0 Å². The molecule has 0 bridgehead atoms. The fraction of sp³-hybridized carbons (Fsp3) is 0.500. The molecule has 0 fully saturated rings. The second kappa shape index (κ2) is 5.90. The minimum absolute atomic E-state index is 0.847. The fourth-order valence-corrected chi connectivity index (χ4v) is 0.737. The summed E-state index contributed by atoms with van der Waals surface area (Å²) < 4.78 is 0. The Morgan fingerprint density at radius 2 is 2.00 bits per heavy atom. The molecule has 0 aliphatic rings. The number of rotatable bonds is 3. The van der Waals surface area contributed by atoms with Gasteiger partial charge in [0, 0.05) is 5.03 Å². The first-order valence-electron chi connectivity index (χ1n) is 3.33. The molecule has 0 spiro atoms. The minimum atomic E-state index is 0.847. The number of allylic oxidation sites excluding steroid dienone is 4. The van der Waals surface area contributed by atoms with E-state index in [-0.39, 0.29) is 0 Å². The van der Waals surface area contributed by atoms with Gasteiger partial charge < -0.3 is 0 Å². The third kappa shape index (κ3) is 5.64. The second-order valence-corrected chi connectivity index (χ2v) is 2.24. The summed E-state index contributed by atoms with van der Waals surface area (Å²) in [6.45, 7) is 4.16. The van der Waals surface area contributed by atoms with Gasteiger partial charge in [-0.05, 0) is 18.9 Å². The molecule has 0 saturated heterocycles. The van der Waals surface area contributed by atoms with Gasteiger partial charge in [-0.3, -0.25) is 0 Å². The normalized spacial score (nSPS) is 13.0. The Hall–Kier alpha value is -0.230. The third-order valence-electron chi connectivity index (χ3n) is 0.912. The molecule has 0 aromatic carbocycles. The summed E-state index contributed by atoms with van der Waals surface area (Å²) in [6.07, 6.45) is 8.04. The van der Waals surface area contributed by atoms with Gasteiger partial charge in [-0.25, -0.2) is 0 Å². The van der Waals surface area contributed by atoms with Crippen LogP contribution in [0, 0.1) is 0 Å². The van der Waals surface area contributed by atoms with Gasteiger partial charge in [0.25, 0.3) is 0 Å². The molecule has 0 unspecified atom stereocenters. The Morgan fingerprint density at radius 1 is 1.33 bits per heavy atom. The lowest BCUT2D eigenvalue weighted by Crippen LogP contribution is -1.62. The summed E-state index contributed by atoms with van der Waals surface area (Å²) in [5, 5.41) is 0.847. The molecule has 0 N–H and O–H groups in total. The molecule has 52 valence electrons. The SMILES string of the molecule is CC/C=C\C(Cl)=C/CC. The van der Waals surface area contributed by atoms with Crippen molar-refractivity contribution in [1.82, 2.24) is 0 Å². The van der Waals surface area contributed by atoms with Gasteiger partial charge in [-0.1, -0.05) is 37.6 Å². The first-order valence-corrected chi connectivity index (χ1v) is 3.71. The summed E-state index contributed by atoms with van der Waals surface area (Å²) in [5.41, 5.74) is 0. The van der Waals surface area contributed by atoms with Crippen LogP contribution in [0.5, 0.6) is 0 Å². The summed E-state index contributed by atoms with van der Waals surface area (Å²) in [5.74, 6) is 0. The van der Waals surface area contributed by atoms with Crippen LogP contribution in [0.25, 0.3) is 0 Å². The highest BCUT2D eigenvalue weighted by atomic mass is 35.5. The van der Waals surface area contributed by atoms with Crippen LogP contribution in [-0.2, 0) is 0 Å². The van der Waals surface area contributed by atoms with Gasteiger partial charge in [0.05, 0.1) is 0 Å². The van der Waals surface area contributed by atoms with Gasteiger partial charge >= 0.3 is 0 Å². The lowest BCUT2D eigenvalue weighted by Gasteiger charge is -1.84. The van der Waals surface area contributed by atoms with Crippen molar-refractivity contribution in [2.24, 2.45) is 0 Å². The van der Waals surface area contributed by atoms with Crippen LogP contribution >= 0.6 is 11.6 Å². The van der Waals surface area contributed by atoms with E-state index in [0.29, 0.717) is 0 Å². The minimum Gasteiger partial charge on any atom is -0.0847 e. The van der Waals surface area contributed by atoms with E-state index < -0.39 is 0 Å². The molecule has 0 aliphatic carbocycles. The molecule has 0 heterocycles. The van der Waals surface area contributed by atoms with Crippen molar-refractivity contribution in [1.29, 1.82) is 0 Å². The van der Waals surface area contributed by atoms with Crippen molar-refractivity contribution in [3.63, 3.8) is 0 Å². The molecular formula is C8H13Cl. The molecule has 0 rings (SSSR count). The average molecular weight is 145 g/mol. The highest BCUT2D eigenvalue weighted by molar-refractivity contribution is 6.31. The average Bonchev–Trinajstić information content (AvgIpc) is 1.85. The molecule has 0 aliphatic heterocycles. The van der Waals surface area contributed by atoms with Crippen LogP contribution < -0.4 is 0 Å². The molecule has 0 nitrogen and oxygen atoms in total. The molecule has 0 saturated carbocycles. The van der Waals surface area contributed by atoms with Gasteiger partial charge in [0.15, 0.2) is 0 Å². The predicted octanol–water partition coefficient (Wildman–Crippen LogP) is 3.49. The van der Waals surface area contributed by atoms with Crippen LogP contribution in [0.15, 0.2) is 23.3 Å². The Labute approximate surface area is 62.2 Å². The molecule has 0 aromatic rings. The lowest BCUT2D eigenvalue weighted by atomic mass is 10.3. The van der Waals surface area contributed by atoms with Crippen molar-refractivity contribution in [2.75, 3.05) is 0 Å². The highest BCUT2D eigenvalue weighted by Crippen LogP contribution is 2.04. The Morgan fingerprint density at radius 3 is 2.44 bits per heavy atom. The lowest BCUT2D eigenvalue weighted by molar-refractivity contribution is 1.20. The zero-order valence-electron chi connectivity index (χ0n) is 6.02. The number of hydrogen-bond acceptors (Lipinski definition) is 0. The molecule has 9 heavy (non-hydrogen) atoms. The summed E-state index contributed by atoms with van der Waals surface area (Å²) in [7, 11) is 0. The molecule has 0 atom stereocenters. The van der Waals surface area contributed by atoms with Crippen LogP contribution in [0.3, 0.4) is 0 Å². The molecule has 0 aromatic heterocycles. The first kappa shape index (κ1) is 8.77. The number of hydrogen-bond donors (Lipinski definition) is 0. The maximum Gasteiger partial charge on any atom is 0.0362 e. The molecule has 1 heteroatoms. The maximum atomic E-state index is 5.73. The van der Waals surface area contributed by atoms with E-state index >= 15 is 0 Å². The zero-order valence-corrected chi connectivity index (χ0v) is 6.78.